The van der Waals surface area contributed by atoms with Gasteiger partial charge in [0.05, 0.1) is 17.1 Å². The van der Waals surface area contributed by atoms with Crippen LogP contribution in [0.4, 0.5) is 0 Å². The molecule has 1 unspecified atom stereocenters. The fourth-order valence-electron chi connectivity index (χ4n) is 8.79. The number of hydrogen-bond acceptors (Lipinski definition) is 1. The summed E-state index contributed by atoms with van der Waals surface area (Å²) in [5, 5.41) is 5.33. The molecule has 2 nitrogen and oxygen atoms in total. The molecule has 51 heavy (non-hydrogen) atoms. The summed E-state index contributed by atoms with van der Waals surface area (Å²) in [6, 6.07) is 51.8. The molecule has 0 amide bonds. The lowest BCUT2D eigenvalue weighted by molar-refractivity contribution is 0.592. The van der Waals surface area contributed by atoms with Crippen LogP contribution in [0.25, 0.3) is 82.9 Å². The van der Waals surface area contributed by atoms with Crippen LogP contribution >= 0.6 is 11.3 Å². The van der Waals surface area contributed by atoms with Crippen LogP contribution < -0.4 is 0 Å². The van der Waals surface area contributed by atoms with Crippen LogP contribution in [0.2, 0.25) is 0 Å². The van der Waals surface area contributed by atoms with Gasteiger partial charge in [0.1, 0.15) is 0 Å². The van der Waals surface area contributed by atoms with Gasteiger partial charge in [0.15, 0.2) is 0 Å². The standard InChI is InChI=1S/C48H34N2S/c1-2-10-31(11-3-1)32-18-22-35(23-19-32)49-43-15-7-4-12-37(43)40-28-33(20-25-45(40)49)34-21-26-46-41(29-34)38-13-5-8-16-44(38)50(46)36-24-27-48-42(30-36)39-14-6-9-17-47(39)51-48/h1-7,9-15,17-29,36H,8,16,30H2. The second kappa shape index (κ2) is 11.3. The predicted molar refractivity (Wildman–Crippen MR) is 218 cm³/mol. The minimum atomic E-state index is 0.309. The Morgan fingerprint density at radius 1 is 0.549 bits per heavy atom. The number of rotatable bonds is 4. The summed E-state index contributed by atoms with van der Waals surface area (Å²) in [6.07, 6.45) is 12.8. The SMILES string of the molecule is C1=Cc2c(n(C3C=Cc4sc5ccccc5c4C3)c3ccc(-c4ccc5c(c4)c4ccccc4n5-c4ccc(-c5ccccc5)cc4)cc23)CC1. The van der Waals surface area contributed by atoms with Crippen LogP contribution in [0, 0.1) is 0 Å². The molecule has 0 radical (unpaired) electrons. The molecule has 3 heterocycles. The maximum Gasteiger partial charge on any atom is 0.0564 e. The van der Waals surface area contributed by atoms with Gasteiger partial charge >= 0.3 is 0 Å². The van der Waals surface area contributed by atoms with E-state index in [1.165, 1.54) is 92.4 Å². The number of aromatic nitrogens is 2. The van der Waals surface area contributed by atoms with Crippen molar-refractivity contribution in [3.63, 3.8) is 0 Å². The Hall–Kier alpha value is -5.90. The van der Waals surface area contributed by atoms with Crippen molar-refractivity contribution in [2.75, 3.05) is 0 Å². The maximum atomic E-state index is 2.66. The molecule has 242 valence electrons. The van der Waals surface area contributed by atoms with Crippen LogP contribution in [-0.2, 0) is 12.8 Å². The third-order valence-electron chi connectivity index (χ3n) is 11.2. The molecule has 0 fully saturated rings. The highest BCUT2D eigenvalue weighted by molar-refractivity contribution is 7.20. The first-order valence-corrected chi connectivity index (χ1v) is 18.8. The molecule has 11 rings (SSSR count). The molecule has 0 saturated heterocycles. The van der Waals surface area contributed by atoms with Gasteiger partial charge in [-0.2, -0.15) is 0 Å². The Balaban J connectivity index is 1.02. The molecule has 3 aromatic heterocycles. The number of allylic oxidation sites excluding steroid dienone is 2. The van der Waals surface area contributed by atoms with E-state index in [9.17, 15) is 0 Å². The Labute approximate surface area is 300 Å². The average Bonchev–Trinajstić information content (AvgIpc) is 3.85. The summed E-state index contributed by atoms with van der Waals surface area (Å²) in [5.74, 6) is 0. The summed E-state index contributed by atoms with van der Waals surface area (Å²) < 4.78 is 6.46. The Morgan fingerprint density at radius 3 is 2.10 bits per heavy atom. The monoisotopic (exact) mass is 670 g/mol. The van der Waals surface area contributed by atoms with Crippen molar-refractivity contribution in [2.24, 2.45) is 0 Å². The van der Waals surface area contributed by atoms with E-state index in [1.54, 1.807) is 0 Å². The molecule has 0 N–H and O–H groups in total. The second-order valence-electron chi connectivity index (χ2n) is 14.0. The first-order chi connectivity index (χ1) is 25.3. The fourth-order valence-corrected chi connectivity index (χ4v) is 9.94. The number of fused-ring (bicyclic) bond motifs is 9. The lowest BCUT2D eigenvalue weighted by atomic mass is 9.96. The van der Waals surface area contributed by atoms with E-state index < -0.39 is 0 Å². The molecule has 0 bridgehead atoms. The van der Waals surface area contributed by atoms with Crippen molar-refractivity contribution >= 4 is 66.3 Å². The smallest absolute Gasteiger partial charge is 0.0564 e. The number of benzene rings is 6. The second-order valence-corrected chi connectivity index (χ2v) is 15.1. The van der Waals surface area contributed by atoms with Crippen molar-refractivity contribution in [3.05, 3.63) is 173 Å². The lowest BCUT2D eigenvalue weighted by Gasteiger charge is -2.24. The molecule has 0 spiro atoms. The summed E-state index contributed by atoms with van der Waals surface area (Å²) in [4.78, 5) is 1.42. The van der Waals surface area contributed by atoms with Crippen LogP contribution in [0.5, 0.6) is 0 Å². The van der Waals surface area contributed by atoms with Gasteiger partial charge in [-0.25, -0.2) is 0 Å². The molecular weight excluding hydrogens is 637 g/mol. The van der Waals surface area contributed by atoms with Crippen LogP contribution in [0.3, 0.4) is 0 Å². The zero-order valence-corrected chi connectivity index (χ0v) is 28.9. The third-order valence-corrected chi connectivity index (χ3v) is 12.3. The number of para-hydroxylation sites is 1. The Morgan fingerprint density at radius 2 is 1.24 bits per heavy atom. The molecule has 0 aliphatic heterocycles. The summed E-state index contributed by atoms with van der Waals surface area (Å²) in [5.41, 5.74) is 14.3. The minimum absolute atomic E-state index is 0.309. The van der Waals surface area contributed by atoms with Gasteiger partial charge in [0.2, 0.25) is 0 Å². The zero-order chi connectivity index (χ0) is 33.5. The third kappa shape index (κ3) is 4.48. The van der Waals surface area contributed by atoms with Crippen molar-refractivity contribution in [1.82, 2.24) is 9.13 Å². The number of hydrogen-bond donors (Lipinski definition) is 0. The van der Waals surface area contributed by atoms with Gasteiger partial charge in [-0.05, 0) is 107 Å². The highest BCUT2D eigenvalue weighted by Crippen LogP contribution is 2.43. The molecule has 3 heteroatoms. The predicted octanol–water partition coefficient (Wildman–Crippen LogP) is 13.1. The van der Waals surface area contributed by atoms with Gasteiger partial charge in [-0.3, -0.25) is 0 Å². The van der Waals surface area contributed by atoms with E-state index in [0.29, 0.717) is 6.04 Å². The normalized spacial score (nSPS) is 15.3. The van der Waals surface area contributed by atoms with Gasteiger partial charge in [-0.1, -0.05) is 109 Å². The van der Waals surface area contributed by atoms with E-state index in [4.69, 9.17) is 0 Å². The zero-order valence-electron chi connectivity index (χ0n) is 28.1. The molecule has 2 aliphatic rings. The summed E-state index contributed by atoms with van der Waals surface area (Å²) in [7, 11) is 0. The van der Waals surface area contributed by atoms with E-state index in [2.05, 4.69) is 173 Å². The quantitative estimate of drug-likeness (QED) is 0.176. The Bertz CT molecular complexity index is 2880. The molecular formula is C48H34N2S. The van der Waals surface area contributed by atoms with Crippen molar-refractivity contribution < 1.29 is 0 Å². The highest BCUT2D eigenvalue weighted by Gasteiger charge is 2.26. The van der Waals surface area contributed by atoms with Gasteiger partial charge in [-0.15, -0.1) is 11.3 Å². The number of nitrogens with zero attached hydrogens (tertiary/aromatic N) is 2. The van der Waals surface area contributed by atoms with Gasteiger partial charge in [0.25, 0.3) is 0 Å². The molecule has 9 aromatic rings. The van der Waals surface area contributed by atoms with Gasteiger partial charge < -0.3 is 9.13 Å². The first kappa shape index (κ1) is 28.9. The van der Waals surface area contributed by atoms with Crippen LogP contribution in [0.1, 0.15) is 34.2 Å². The molecule has 0 saturated carbocycles. The van der Waals surface area contributed by atoms with E-state index in [1.807, 2.05) is 11.3 Å². The summed E-state index contributed by atoms with van der Waals surface area (Å²) in [6.45, 7) is 0. The van der Waals surface area contributed by atoms with E-state index in [0.717, 1.165) is 19.3 Å². The van der Waals surface area contributed by atoms with E-state index in [-0.39, 0.29) is 0 Å². The number of thiophene rings is 1. The van der Waals surface area contributed by atoms with Crippen molar-refractivity contribution in [3.8, 4) is 27.9 Å². The van der Waals surface area contributed by atoms with Crippen LogP contribution in [-0.4, -0.2) is 9.13 Å². The lowest BCUT2D eigenvalue weighted by Crippen LogP contribution is -2.15. The fraction of sp³-hybridized carbons (Fsp3) is 0.0833. The molecule has 2 aliphatic carbocycles. The van der Waals surface area contributed by atoms with Gasteiger partial charge in [0, 0.05) is 48.2 Å². The van der Waals surface area contributed by atoms with Crippen molar-refractivity contribution in [2.45, 2.75) is 25.3 Å². The molecule has 6 aromatic carbocycles. The average molecular weight is 671 g/mol. The van der Waals surface area contributed by atoms with Crippen molar-refractivity contribution in [1.29, 1.82) is 0 Å². The Kier molecular flexibility index (Phi) is 6.41. The highest BCUT2D eigenvalue weighted by atomic mass is 32.1. The van der Waals surface area contributed by atoms with Crippen LogP contribution in [0.15, 0.2) is 152 Å². The first-order valence-electron chi connectivity index (χ1n) is 18.0. The minimum Gasteiger partial charge on any atom is -0.337 e. The topological polar surface area (TPSA) is 9.86 Å². The largest absolute Gasteiger partial charge is 0.337 e. The summed E-state index contributed by atoms with van der Waals surface area (Å²) >= 11 is 1.92. The van der Waals surface area contributed by atoms with E-state index >= 15 is 0 Å². The molecule has 1 atom stereocenters. The maximum absolute atomic E-state index is 2.66.